The number of carbonyl (C=O) groups excluding carboxylic acids is 1. The average molecular weight is 575 g/mol. The van der Waals surface area contributed by atoms with E-state index in [0.29, 0.717) is 17.4 Å². The fourth-order valence-electron chi connectivity index (χ4n) is 4.62. The minimum absolute atomic E-state index is 0.0800. The van der Waals surface area contributed by atoms with Crippen LogP contribution in [0, 0.1) is 18.3 Å². The van der Waals surface area contributed by atoms with Crippen molar-refractivity contribution in [1.29, 1.82) is 5.26 Å². The first-order valence-corrected chi connectivity index (χ1v) is 12.8. The first-order valence-electron chi connectivity index (χ1n) is 11.6. The molecule has 2 aromatic carbocycles. The molecule has 0 saturated carbocycles. The van der Waals surface area contributed by atoms with E-state index in [1.807, 2.05) is 18.2 Å². The lowest BCUT2D eigenvalue weighted by Crippen LogP contribution is -2.09. The molecular formula is C29H21BrClN3O3. The van der Waals surface area contributed by atoms with E-state index in [1.165, 1.54) is 34.5 Å². The number of rotatable bonds is 7. The van der Waals surface area contributed by atoms with Crippen molar-refractivity contribution in [3.05, 3.63) is 104 Å². The van der Waals surface area contributed by atoms with E-state index >= 15 is 0 Å². The zero-order chi connectivity index (χ0) is 25.9. The maximum Gasteiger partial charge on any atom is 0.259 e. The van der Waals surface area contributed by atoms with Crippen LogP contribution in [0.15, 0.2) is 65.4 Å². The summed E-state index contributed by atoms with van der Waals surface area (Å²) in [5.41, 5.74) is 7.16. The van der Waals surface area contributed by atoms with Gasteiger partial charge in [-0.15, -0.1) is 0 Å². The van der Waals surface area contributed by atoms with Crippen molar-refractivity contribution >= 4 is 33.8 Å². The van der Waals surface area contributed by atoms with Gasteiger partial charge in [0.2, 0.25) is 0 Å². The van der Waals surface area contributed by atoms with Gasteiger partial charge in [0.15, 0.2) is 12.0 Å². The first-order chi connectivity index (χ1) is 18.0. The third-order valence-electron chi connectivity index (χ3n) is 6.40. The summed E-state index contributed by atoms with van der Waals surface area (Å²) in [6, 6.07) is 17.6. The van der Waals surface area contributed by atoms with Gasteiger partial charge in [-0.25, -0.2) is 0 Å². The molecular weight excluding hydrogens is 554 g/mol. The van der Waals surface area contributed by atoms with Crippen LogP contribution >= 0.6 is 27.5 Å². The van der Waals surface area contributed by atoms with Gasteiger partial charge in [-0.05, 0) is 65.8 Å². The van der Waals surface area contributed by atoms with Gasteiger partial charge in [-0.1, -0.05) is 57.9 Å². The highest BCUT2D eigenvalue weighted by Gasteiger charge is 2.29. The molecule has 0 aliphatic heterocycles. The summed E-state index contributed by atoms with van der Waals surface area (Å²) in [7, 11) is 0. The Bertz CT molecular complexity index is 1550. The second-order valence-electron chi connectivity index (χ2n) is 8.70. The van der Waals surface area contributed by atoms with Crippen LogP contribution in [0.2, 0.25) is 5.15 Å². The Hall–Kier alpha value is -3.73. The largest absolute Gasteiger partial charge is 0.483 e. The minimum atomic E-state index is -0.279. The van der Waals surface area contributed by atoms with Crippen LogP contribution in [0.3, 0.4) is 0 Å². The Balaban J connectivity index is 1.47. The topological polar surface area (TPSA) is 85.1 Å². The molecule has 1 atom stereocenters. The number of nitriles is 1. The number of hydrogen-bond acceptors (Lipinski definition) is 6. The number of benzene rings is 2. The molecule has 0 saturated heterocycles. The summed E-state index contributed by atoms with van der Waals surface area (Å²) in [6.07, 6.45) is 5.04. The van der Waals surface area contributed by atoms with Crippen LogP contribution in [0.1, 0.15) is 50.7 Å². The molecule has 0 amide bonds. The normalized spacial score (nSPS) is 14.1. The average Bonchev–Trinajstić information content (AvgIpc) is 3.32. The van der Waals surface area contributed by atoms with Crippen LogP contribution in [0.4, 0.5) is 0 Å². The van der Waals surface area contributed by atoms with Gasteiger partial charge in [0.05, 0.1) is 11.1 Å². The number of carbonyl (C=O) groups is 1. The molecule has 184 valence electrons. The highest BCUT2D eigenvalue weighted by Crippen LogP contribution is 2.43. The van der Waals surface area contributed by atoms with Crippen molar-refractivity contribution in [2.45, 2.75) is 32.5 Å². The lowest BCUT2D eigenvalue weighted by Gasteiger charge is -2.19. The van der Waals surface area contributed by atoms with E-state index in [0.717, 1.165) is 22.9 Å². The number of hydrogen-bond donors (Lipinski definition) is 0. The Labute approximate surface area is 228 Å². The van der Waals surface area contributed by atoms with E-state index in [4.69, 9.17) is 26.3 Å². The molecule has 2 aromatic heterocycles. The summed E-state index contributed by atoms with van der Waals surface area (Å²) in [6.45, 7) is 2.18. The van der Waals surface area contributed by atoms with Gasteiger partial charge >= 0.3 is 0 Å². The minimum Gasteiger partial charge on any atom is -0.483 e. The third-order valence-corrected chi connectivity index (χ3v) is 7.45. The fraction of sp³-hybridized carbons (Fsp3) is 0.172. The Morgan fingerprint density at radius 1 is 1.19 bits per heavy atom. The molecule has 37 heavy (non-hydrogen) atoms. The quantitative estimate of drug-likeness (QED) is 0.171. The molecule has 2 heterocycles. The first kappa shape index (κ1) is 24.9. The van der Waals surface area contributed by atoms with Crippen molar-refractivity contribution in [1.82, 2.24) is 9.97 Å². The van der Waals surface area contributed by atoms with Gasteiger partial charge in [0.1, 0.15) is 23.9 Å². The molecule has 0 N–H and O–H groups in total. The van der Waals surface area contributed by atoms with Crippen molar-refractivity contribution in [3.63, 3.8) is 0 Å². The molecule has 1 aliphatic rings. The molecule has 0 radical (unpaired) electrons. The number of fused-ring (bicyclic) bond motifs is 1. The Morgan fingerprint density at radius 3 is 2.81 bits per heavy atom. The molecule has 5 rings (SSSR count). The molecule has 1 aliphatic carbocycles. The zero-order valence-electron chi connectivity index (χ0n) is 19.9. The van der Waals surface area contributed by atoms with E-state index < -0.39 is 0 Å². The van der Waals surface area contributed by atoms with Gasteiger partial charge in [-0.2, -0.15) is 10.2 Å². The second-order valence-corrected chi connectivity index (χ2v) is 9.94. The lowest BCUT2D eigenvalue weighted by atomic mass is 9.94. The predicted molar refractivity (Wildman–Crippen MR) is 144 cm³/mol. The maximum absolute atomic E-state index is 11.9. The molecule has 0 spiro atoms. The number of pyridine rings is 2. The Morgan fingerprint density at radius 2 is 2.00 bits per heavy atom. The van der Waals surface area contributed by atoms with Crippen LogP contribution < -0.4 is 9.47 Å². The summed E-state index contributed by atoms with van der Waals surface area (Å²) >= 11 is 9.86. The van der Waals surface area contributed by atoms with E-state index in [2.05, 4.69) is 57.1 Å². The summed E-state index contributed by atoms with van der Waals surface area (Å²) < 4.78 is 13.4. The van der Waals surface area contributed by atoms with Gasteiger partial charge in [0.25, 0.3) is 5.88 Å². The van der Waals surface area contributed by atoms with Crippen molar-refractivity contribution in [2.24, 2.45) is 0 Å². The van der Waals surface area contributed by atoms with Gasteiger partial charge < -0.3 is 9.47 Å². The van der Waals surface area contributed by atoms with Crippen LogP contribution in [-0.2, 0) is 13.0 Å². The maximum atomic E-state index is 11.9. The van der Waals surface area contributed by atoms with E-state index in [1.54, 1.807) is 12.3 Å². The van der Waals surface area contributed by atoms with E-state index in [9.17, 15) is 4.79 Å². The van der Waals surface area contributed by atoms with Crippen molar-refractivity contribution in [2.75, 3.05) is 0 Å². The molecule has 6 nitrogen and oxygen atoms in total. The molecule has 1 unspecified atom stereocenters. The molecule has 4 aromatic rings. The molecule has 0 bridgehead atoms. The Kier molecular flexibility index (Phi) is 7.22. The summed E-state index contributed by atoms with van der Waals surface area (Å²) in [5.74, 6) is 0.357. The summed E-state index contributed by atoms with van der Waals surface area (Å²) in [4.78, 5) is 20.3. The van der Waals surface area contributed by atoms with Crippen LogP contribution in [0.5, 0.6) is 11.6 Å². The number of aromatic nitrogens is 2. The number of nitrogens with zero attached hydrogens (tertiary/aromatic N) is 3. The number of ether oxygens (including phenoxy) is 2. The number of aldehydes is 1. The lowest BCUT2D eigenvalue weighted by molar-refractivity contribution is 0.111. The second kappa shape index (κ2) is 10.7. The highest BCUT2D eigenvalue weighted by atomic mass is 79.9. The van der Waals surface area contributed by atoms with Crippen molar-refractivity contribution < 1.29 is 14.3 Å². The molecule has 8 heteroatoms. The van der Waals surface area contributed by atoms with Crippen LogP contribution in [0.25, 0.3) is 11.1 Å². The predicted octanol–water partition coefficient (Wildman–Crippen LogP) is 7.20. The zero-order valence-corrected chi connectivity index (χ0v) is 22.2. The summed E-state index contributed by atoms with van der Waals surface area (Å²) in [5, 5.41) is 9.27. The van der Waals surface area contributed by atoms with Gasteiger partial charge in [-0.3, -0.25) is 9.78 Å². The highest BCUT2D eigenvalue weighted by molar-refractivity contribution is 9.10. The number of halogens is 2. The molecule has 0 fully saturated rings. The van der Waals surface area contributed by atoms with E-state index in [-0.39, 0.29) is 35.1 Å². The smallest absolute Gasteiger partial charge is 0.259 e. The SMILES string of the molecule is Cc1c(Br)cccc1-c1cccc2c1CCC2Oc1nc(Cl)cc(C=O)c1OCc1cncc(C#N)c1. The fourth-order valence-corrected chi connectivity index (χ4v) is 5.18. The monoisotopic (exact) mass is 573 g/mol. The van der Waals surface area contributed by atoms with Gasteiger partial charge in [0, 0.05) is 22.4 Å². The van der Waals surface area contributed by atoms with Crippen molar-refractivity contribution in [3.8, 4) is 28.8 Å². The standard InChI is InChI=1S/C29H21BrClN3O3/c1-17-21(4-3-7-25(17)30)22-5-2-6-24-23(22)8-9-26(24)37-29-28(20(15-35)11-27(31)34-29)36-16-19-10-18(12-32)13-33-14-19/h2-7,10-11,13-15,26H,8-9,16H2,1H3. The van der Waals surface area contributed by atoms with Crippen LogP contribution in [-0.4, -0.2) is 16.3 Å². The third kappa shape index (κ3) is 5.08.